The van der Waals surface area contributed by atoms with Gasteiger partial charge in [-0.1, -0.05) is 13.3 Å². The van der Waals surface area contributed by atoms with E-state index < -0.39 is 4.92 Å². The molecule has 19 heavy (non-hydrogen) atoms. The van der Waals surface area contributed by atoms with Gasteiger partial charge < -0.3 is 5.32 Å². The zero-order chi connectivity index (χ0) is 13.8. The second kappa shape index (κ2) is 5.65. The standard InChI is InChI=1S/C14H17N3O2/c1-3-5-10(2)16-12-7-8-13(17(18)19)14-11(12)6-4-9-15-14/h4,6-10,16H,3,5H2,1-2H3. The SMILES string of the molecule is CCCC(C)Nc1ccc([N+](=O)[O-])c2ncccc12. The molecular formula is C14H17N3O2. The molecule has 0 spiro atoms. The van der Waals surface area contributed by atoms with Crippen molar-refractivity contribution in [3.8, 4) is 0 Å². The second-order valence-electron chi connectivity index (χ2n) is 4.62. The van der Waals surface area contributed by atoms with Crippen LogP contribution in [0, 0.1) is 10.1 Å². The molecule has 1 N–H and O–H groups in total. The molecule has 100 valence electrons. The highest BCUT2D eigenvalue weighted by atomic mass is 16.6. The van der Waals surface area contributed by atoms with Crippen molar-refractivity contribution in [3.05, 3.63) is 40.6 Å². The zero-order valence-corrected chi connectivity index (χ0v) is 11.1. The van der Waals surface area contributed by atoms with E-state index in [9.17, 15) is 10.1 Å². The van der Waals surface area contributed by atoms with Crippen LogP contribution < -0.4 is 5.32 Å². The maximum atomic E-state index is 11.0. The highest BCUT2D eigenvalue weighted by molar-refractivity contribution is 5.96. The molecule has 2 rings (SSSR count). The van der Waals surface area contributed by atoms with Crippen molar-refractivity contribution >= 4 is 22.3 Å². The fourth-order valence-corrected chi connectivity index (χ4v) is 2.20. The third kappa shape index (κ3) is 2.81. The van der Waals surface area contributed by atoms with E-state index in [0.29, 0.717) is 11.6 Å². The molecule has 0 saturated carbocycles. The smallest absolute Gasteiger partial charge is 0.295 e. The number of aromatic nitrogens is 1. The van der Waals surface area contributed by atoms with Crippen LogP contribution in [0.4, 0.5) is 11.4 Å². The maximum Gasteiger partial charge on any atom is 0.295 e. The molecule has 1 aromatic heterocycles. The minimum Gasteiger partial charge on any atom is -0.382 e. The lowest BCUT2D eigenvalue weighted by molar-refractivity contribution is -0.383. The van der Waals surface area contributed by atoms with Crippen LogP contribution in [0.2, 0.25) is 0 Å². The molecule has 0 aliphatic carbocycles. The van der Waals surface area contributed by atoms with Gasteiger partial charge in [-0.05, 0) is 31.5 Å². The number of hydrogen-bond donors (Lipinski definition) is 1. The monoisotopic (exact) mass is 259 g/mol. The Morgan fingerprint density at radius 1 is 1.42 bits per heavy atom. The molecule has 0 bridgehead atoms. The summed E-state index contributed by atoms with van der Waals surface area (Å²) in [7, 11) is 0. The predicted octanol–water partition coefficient (Wildman–Crippen LogP) is 3.74. The Hall–Kier alpha value is -2.17. The van der Waals surface area contributed by atoms with Gasteiger partial charge in [0.25, 0.3) is 5.69 Å². The number of rotatable bonds is 5. The van der Waals surface area contributed by atoms with Crippen LogP contribution in [-0.2, 0) is 0 Å². The summed E-state index contributed by atoms with van der Waals surface area (Å²) in [6.07, 6.45) is 3.73. The van der Waals surface area contributed by atoms with Crippen LogP contribution in [0.25, 0.3) is 10.9 Å². The normalized spacial score (nSPS) is 12.3. The van der Waals surface area contributed by atoms with Gasteiger partial charge in [-0.25, -0.2) is 4.98 Å². The first-order valence-electron chi connectivity index (χ1n) is 6.42. The minimum atomic E-state index is -0.394. The number of pyridine rings is 1. The molecule has 1 heterocycles. The van der Waals surface area contributed by atoms with Gasteiger partial charge in [0.05, 0.1) is 4.92 Å². The van der Waals surface area contributed by atoms with Gasteiger partial charge in [0, 0.05) is 29.4 Å². The minimum absolute atomic E-state index is 0.0456. The summed E-state index contributed by atoms with van der Waals surface area (Å²) in [6, 6.07) is 7.25. The Labute approximate surface area is 111 Å². The van der Waals surface area contributed by atoms with E-state index in [1.165, 1.54) is 6.07 Å². The highest BCUT2D eigenvalue weighted by Gasteiger charge is 2.15. The van der Waals surface area contributed by atoms with Crippen LogP contribution >= 0.6 is 0 Å². The molecule has 5 heteroatoms. The van der Waals surface area contributed by atoms with Crippen molar-refractivity contribution < 1.29 is 4.92 Å². The molecule has 1 aromatic carbocycles. The van der Waals surface area contributed by atoms with Crippen molar-refractivity contribution in [3.63, 3.8) is 0 Å². The van der Waals surface area contributed by atoms with Crippen LogP contribution in [0.1, 0.15) is 26.7 Å². The first-order valence-corrected chi connectivity index (χ1v) is 6.42. The van der Waals surface area contributed by atoms with Crippen molar-refractivity contribution in [2.24, 2.45) is 0 Å². The van der Waals surface area contributed by atoms with E-state index in [1.807, 2.05) is 6.07 Å². The first-order chi connectivity index (χ1) is 9.13. The molecule has 0 saturated heterocycles. The van der Waals surface area contributed by atoms with Crippen LogP contribution in [-0.4, -0.2) is 15.9 Å². The second-order valence-corrected chi connectivity index (χ2v) is 4.62. The Bertz CT molecular complexity index is 598. The average Bonchev–Trinajstić information content (AvgIpc) is 2.39. The third-order valence-corrected chi connectivity index (χ3v) is 3.07. The molecular weight excluding hydrogens is 242 g/mol. The van der Waals surface area contributed by atoms with Gasteiger partial charge in [0.2, 0.25) is 0 Å². The lowest BCUT2D eigenvalue weighted by Crippen LogP contribution is -2.14. The number of non-ortho nitro benzene ring substituents is 1. The fourth-order valence-electron chi connectivity index (χ4n) is 2.20. The summed E-state index contributed by atoms with van der Waals surface area (Å²) in [5.41, 5.74) is 1.38. The van der Waals surface area contributed by atoms with Crippen LogP contribution in [0.15, 0.2) is 30.5 Å². The summed E-state index contributed by atoms with van der Waals surface area (Å²) in [5.74, 6) is 0. The van der Waals surface area contributed by atoms with Gasteiger partial charge in [-0.15, -0.1) is 0 Å². The molecule has 0 amide bonds. The van der Waals surface area contributed by atoms with Crippen molar-refractivity contribution in [1.29, 1.82) is 0 Å². The largest absolute Gasteiger partial charge is 0.382 e. The van der Waals surface area contributed by atoms with Gasteiger partial charge in [0.15, 0.2) is 0 Å². The van der Waals surface area contributed by atoms with Crippen LogP contribution in [0.3, 0.4) is 0 Å². The number of nitrogens with zero attached hydrogens (tertiary/aromatic N) is 2. The number of benzene rings is 1. The van der Waals surface area contributed by atoms with E-state index in [0.717, 1.165) is 23.9 Å². The molecule has 0 aliphatic heterocycles. The third-order valence-electron chi connectivity index (χ3n) is 3.07. The lowest BCUT2D eigenvalue weighted by atomic mass is 10.1. The first kappa shape index (κ1) is 13.3. The predicted molar refractivity (Wildman–Crippen MR) is 76.4 cm³/mol. The number of nitro benzene ring substituents is 1. The Balaban J connectivity index is 2.46. The molecule has 2 aromatic rings. The molecule has 1 atom stereocenters. The Kier molecular flexibility index (Phi) is 3.94. The molecule has 1 unspecified atom stereocenters. The quantitative estimate of drug-likeness (QED) is 0.656. The molecule has 5 nitrogen and oxygen atoms in total. The number of nitrogens with one attached hydrogen (secondary N) is 1. The van der Waals surface area contributed by atoms with E-state index in [2.05, 4.69) is 24.1 Å². The summed E-state index contributed by atoms with van der Waals surface area (Å²) in [6.45, 7) is 4.24. The van der Waals surface area contributed by atoms with Gasteiger partial charge in [-0.3, -0.25) is 10.1 Å². The molecule has 0 radical (unpaired) electrons. The number of hydrogen-bond acceptors (Lipinski definition) is 4. The zero-order valence-electron chi connectivity index (χ0n) is 11.1. The highest BCUT2D eigenvalue weighted by Crippen LogP contribution is 2.30. The average molecular weight is 259 g/mol. The number of fused-ring (bicyclic) bond motifs is 1. The van der Waals surface area contributed by atoms with E-state index in [1.54, 1.807) is 18.3 Å². The van der Waals surface area contributed by atoms with Crippen LogP contribution in [0.5, 0.6) is 0 Å². The van der Waals surface area contributed by atoms with E-state index >= 15 is 0 Å². The molecule has 0 aliphatic rings. The van der Waals surface area contributed by atoms with Gasteiger partial charge in [0.1, 0.15) is 5.52 Å². The van der Waals surface area contributed by atoms with E-state index in [-0.39, 0.29) is 5.69 Å². The van der Waals surface area contributed by atoms with Crippen molar-refractivity contribution in [2.75, 3.05) is 5.32 Å². The fraction of sp³-hybridized carbons (Fsp3) is 0.357. The summed E-state index contributed by atoms with van der Waals surface area (Å²) in [5, 5.41) is 15.2. The van der Waals surface area contributed by atoms with Gasteiger partial charge >= 0.3 is 0 Å². The van der Waals surface area contributed by atoms with Crippen molar-refractivity contribution in [2.45, 2.75) is 32.7 Å². The Morgan fingerprint density at radius 2 is 2.21 bits per heavy atom. The maximum absolute atomic E-state index is 11.0. The number of anilines is 1. The summed E-state index contributed by atoms with van der Waals surface area (Å²) < 4.78 is 0. The lowest BCUT2D eigenvalue weighted by Gasteiger charge is -2.15. The summed E-state index contributed by atoms with van der Waals surface area (Å²) in [4.78, 5) is 14.7. The number of nitro groups is 1. The molecule has 0 fully saturated rings. The van der Waals surface area contributed by atoms with E-state index in [4.69, 9.17) is 0 Å². The topological polar surface area (TPSA) is 68.1 Å². The summed E-state index contributed by atoms with van der Waals surface area (Å²) >= 11 is 0. The Morgan fingerprint density at radius 3 is 2.89 bits per heavy atom. The van der Waals surface area contributed by atoms with Gasteiger partial charge in [-0.2, -0.15) is 0 Å². The van der Waals surface area contributed by atoms with Crippen molar-refractivity contribution in [1.82, 2.24) is 4.98 Å².